The maximum Gasteiger partial charge on any atom is 0.270 e. The number of hydrogen-bond donors (Lipinski definition) is 1. The number of hydrogen-bond acceptors (Lipinski definition) is 4. The Hall–Kier alpha value is -3.15. The molecule has 1 aromatic carbocycles. The van der Waals surface area contributed by atoms with Crippen LogP contribution in [0.5, 0.6) is 0 Å². The smallest absolute Gasteiger partial charge is 0.270 e. The number of aromatic nitrogens is 2. The largest absolute Gasteiger partial charge is 0.372 e. The minimum Gasteiger partial charge on any atom is -0.372 e. The minimum absolute atomic E-state index is 0.0220. The van der Waals surface area contributed by atoms with Gasteiger partial charge in [0, 0.05) is 36.9 Å². The normalized spacial score (nSPS) is 14.4. The molecule has 0 saturated carbocycles. The van der Waals surface area contributed by atoms with Gasteiger partial charge in [-0.1, -0.05) is 6.07 Å². The molecule has 1 aliphatic heterocycles. The molecular weight excluding hydrogens is 328 g/mol. The van der Waals surface area contributed by atoms with Crippen molar-refractivity contribution in [1.82, 2.24) is 9.38 Å². The van der Waals surface area contributed by atoms with Gasteiger partial charge in [0.15, 0.2) is 0 Å². The van der Waals surface area contributed by atoms with Crippen molar-refractivity contribution in [2.24, 2.45) is 0 Å². The molecule has 0 radical (unpaired) electrons. The standard InChI is InChI=1S/C20H20N4O2/c25-19(17-14-21-18-6-2-5-13-24(18)20(17)26)22-15-7-9-16(10-8-15)23-11-3-1-4-12-23/h2,5-10,13-14H,1,3-4,11-12H2,(H,22,25). The molecule has 4 rings (SSSR count). The van der Waals surface area contributed by atoms with E-state index in [0.717, 1.165) is 18.8 Å². The lowest BCUT2D eigenvalue weighted by Gasteiger charge is -2.28. The third-order valence-corrected chi connectivity index (χ3v) is 4.70. The number of nitrogens with one attached hydrogen (secondary N) is 1. The molecule has 0 unspecified atom stereocenters. The van der Waals surface area contributed by atoms with Gasteiger partial charge in [-0.25, -0.2) is 4.98 Å². The first-order valence-corrected chi connectivity index (χ1v) is 8.85. The van der Waals surface area contributed by atoms with Crippen molar-refractivity contribution >= 4 is 22.9 Å². The molecule has 2 aromatic heterocycles. The topological polar surface area (TPSA) is 66.7 Å². The summed E-state index contributed by atoms with van der Waals surface area (Å²) in [5.74, 6) is -0.452. The van der Waals surface area contributed by atoms with Crippen LogP contribution in [0.2, 0.25) is 0 Å². The van der Waals surface area contributed by atoms with E-state index in [1.807, 2.05) is 24.3 Å². The number of anilines is 2. The van der Waals surface area contributed by atoms with Crippen LogP contribution in [-0.2, 0) is 0 Å². The van der Waals surface area contributed by atoms with Crippen LogP contribution in [0, 0.1) is 0 Å². The highest BCUT2D eigenvalue weighted by atomic mass is 16.2. The molecule has 6 heteroatoms. The Bertz CT molecular complexity index is 989. The molecule has 1 N–H and O–H groups in total. The van der Waals surface area contributed by atoms with Gasteiger partial charge in [0.05, 0.1) is 0 Å². The van der Waals surface area contributed by atoms with Crippen LogP contribution in [0.25, 0.3) is 5.65 Å². The van der Waals surface area contributed by atoms with Crippen molar-refractivity contribution in [3.63, 3.8) is 0 Å². The van der Waals surface area contributed by atoms with E-state index in [0.29, 0.717) is 11.3 Å². The van der Waals surface area contributed by atoms with Gasteiger partial charge in [-0.2, -0.15) is 0 Å². The van der Waals surface area contributed by atoms with Gasteiger partial charge in [0.2, 0.25) is 0 Å². The first kappa shape index (κ1) is 16.3. The van der Waals surface area contributed by atoms with E-state index in [-0.39, 0.29) is 11.1 Å². The fourth-order valence-corrected chi connectivity index (χ4v) is 3.29. The number of benzene rings is 1. The maximum absolute atomic E-state index is 12.5. The summed E-state index contributed by atoms with van der Waals surface area (Å²) in [6.07, 6.45) is 6.67. The van der Waals surface area contributed by atoms with Crippen molar-refractivity contribution in [1.29, 1.82) is 0 Å². The molecule has 6 nitrogen and oxygen atoms in total. The lowest BCUT2D eigenvalue weighted by molar-refractivity contribution is 0.102. The summed E-state index contributed by atoms with van der Waals surface area (Å²) in [7, 11) is 0. The second-order valence-corrected chi connectivity index (χ2v) is 6.45. The Kier molecular flexibility index (Phi) is 4.39. The summed E-state index contributed by atoms with van der Waals surface area (Å²) >= 11 is 0. The summed E-state index contributed by atoms with van der Waals surface area (Å²) in [6.45, 7) is 2.15. The lowest BCUT2D eigenvalue weighted by atomic mass is 10.1. The Morgan fingerprint density at radius 2 is 1.77 bits per heavy atom. The van der Waals surface area contributed by atoms with Crippen LogP contribution < -0.4 is 15.8 Å². The Morgan fingerprint density at radius 3 is 2.54 bits per heavy atom. The van der Waals surface area contributed by atoms with Gasteiger partial charge < -0.3 is 10.2 Å². The van der Waals surface area contributed by atoms with Gasteiger partial charge >= 0.3 is 0 Å². The zero-order valence-electron chi connectivity index (χ0n) is 14.4. The predicted molar refractivity (Wildman–Crippen MR) is 102 cm³/mol. The average molecular weight is 348 g/mol. The lowest BCUT2D eigenvalue weighted by Crippen LogP contribution is -2.29. The third-order valence-electron chi connectivity index (χ3n) is 4.70. The number of rotatable bonds is 3. The summed E-state index contributed by atoms with van der Waals surface area (Å²) in [5, 5.41) is 2.78. The van der Waals surface area contributed by atoms with Crippen molar-refractivity contribution in [3.8, 4) is 0 Å². The van der Waals surface area contributed by atoms with Crippen LogP contribution in [0.3, 0.4) is 0 Å². The predicted octanol–water partition coefficient (Wildman–Crippen LogP) is 2.94. The molecule has 1 aliphatic rings. The average Bonchev–Trinajstić information content (AvgIpc) is 2.69. The zero-order chi connectivity index (χ0) is 17.9. The summed E-state index contributed by atoms with van der Waals surface area (Å²) in [6, 6.07) is 13.0. The van der Waals surface area contributed by atoms with E-state index in [2.05, 4.69) is 15.2 Å². The molecule has 0 bridgehead atoms. The molecule has 1 amide bonds. The SMILES string of the molecule is O=C(Nc1ccc(N2CCCCC2)cc1)c1cnc2ccccn2c1=O. The van der Waals surface area contributed by atoms with E-state index in [1.54, 1.807) is 24.4 Å². The summed E-state index contributed by atoms with van der Waals surface area (Å²) < 4.78 is 1.37. The number of piperidine rings is 1. The second kappa shape index (κ2) is 7.00. The van der Waals surface area contributed by atoms with Crippen LogP contribution in [0.15, 0.2) is 59.7 Å². The van der Waals surface area contributed by atoms with Gasteiger partial charge in [0.1, 0.15) is 11.2 Å². The Morgan fingerprint density at radius 1 is 1.00 bits per heavy atom. The number of nitrogens with zero attached hydrogens (tertiary/aromatic N) is 3. The highest BCUT2D eigenvalue weighted by molar-refractivity contribution is 6.04. The number of pyridine rings is 1. The van der Waals surface area contributed by atoms with Crippen molar-refractivity contribution in [2.75, 3.05) is 23.3 Å². The Balaban J connectivity index is 1.53. The fraction of sp³-hybridized carbons (Fsp3) is 0.250. The van der Waals surface area contributed by atoms with E-state index < -0.39 is 5.91 Å². The molecule has 1 saturated heterocycles. The monoisotopic (exact) mass is 348 g/mol. The number of carbonyl (C=O) groups excluding carboxylic acids is 1. The number of amides is 1. The van der Waals surface area contributed by atoms with Gasteiger partial charge in [-0.3, -0.25) is 14.0 Å². The van der Waals surface area contributed by atoms with E-state index in [9.17, 15) is 9.59 Å². The molecule has 0 spiro atoms. The maximum atomic E-state index is 12.5. The molecule has 0 aliphatic carbocycles. The number of fused-ring (bicyclic) bond motifs is 1. The molecular formula is C20H20N4O2. The van der Waals surface area contributed by atoms with Gasteiger partial charge in [0.25, 0.3) is 11.5 Å². The van der Waals surface area contributed by atoms with Crippen molar-refractivity contribution in [2.45, 2.75) is 19.3 Å². The van der Waals surface area contributed by atoms with Crippen molar-refractivity contribution < 1.29 is 4.79 Å². The first-order chi connectivity index (χ1) is 12.7. The van der Waals surface area contributed by atoms with Crippen LogP contribution in [0.4, 0.5) is 11.4 Å². The molecule has 3 heterocycles. The first-order valence-electron chi connectivity index (χ1n) is 8.85. The van der Waals surface area contributed by atoms with Crippen LogP contribution in [-0.4, -0.2) is 28.4 Å². The van der Waals surface area contributed by atoms with Crippen molar-refractivity contribution in [3.05, 3.63) is 70.8 Å². The van der Waals surface area contributed by atoms with E-state index >= 15 is 0 Å². The van der Waals surface area contributed by atoms with E-state index in [4.69, 9.17) is 0 Å². The quantitative estimate of drug-likeness (QED) is 0.790. The summed E-state index contributed by atoms with van der Waals surface area (Å²) in [4.78, 5) is 31.5. The van der Waals surface area contributed by atoms with Gasteiger partial charge in [-0.05, 0) is 55.7 Å². The summed E-state index contributed by atoms with van der Waals surface area (Å²) in [5.41, 5.74) is 1.98. The highest BCUT2D eigenvalue weighted by Gasteiger charge is 2.14. The Labute approximate surface area is 151 Å². The molecule has 132 valence electrons. The molecule has 3 aromatic rings. The third kappa shape index (κ3) is 3.18. The second-order valence-electron chi connectivity index (χ2n) is 6.45. The zero-order valence-corrected chi connectivity index (χ0v) is 14.4. The molecule has 0 atom stereocenters. The molecule has 26 heavy (non-hydrogen) atoms. The van der Waals surface area contributed by atoms with Gasteiger partial charge in [-0.15, -0.1) is 0 Å². The minimum atomic E-state index is -0.452. The van der Waals surface area contributed by atoms with Crippen LogP contribution >= 0.6 is 0 Å². The van der Waals surface area contributed by atoms with Crippen LogP contribution in [0.1, 0.15) is 29.6 Å². The highest BCUT2D eigenvalue weighted by Crippen LogP contribution is 2.22. The number of carbonyl (C=O) groups is 1. The fourth-order valence-electron chi connectivity index (χ4n) is 3.29. The van der Waals surface area contributed by atoms with E-state index in [1.165, 1.54) is 29.9 Å². The molecule has 1 fully saturated rings.